The highest BCUT2D eigenvalue weighted by atomic mass is 16.5. The number of carbonyl (C=O) groups is 2. The van der Waals surface area contributed by atoms with Gasteiger partial charge < -0.3 is 9.64 Å². The van der Waals surface area contributed by atoms with Crippen LogP contribution in [0.2, 0.25) is 0 Å². The molecule has 5 heteroatoms. The number of hydrogen-bond donors (Lipinski definition) is 1. The summed E-state index contributed by atoms with van der Waals surface area (Å²) in [5.74, 6) is 0.872. The highest BCUT2D eigenvalue weighted by Crippen LogP contribution is 2.58. The molecule has 0 unspecified atom stereocenters. The summed E-state index contributed by atoms with van der Waals surface area (Å²) in [6, 6.07) is 13.3. The molecule has 1 saturated carbocycles. The molecule has 2 aliphatic carbocycles. The Balaban J connectivity index is 1.46. The maximum atomic E-state index is 13.9. The number of nitrogens with one attached hydrogen (secondary N) is 1. The van der Waals surface area contributed by atoms with E-state index in [9.17, 15) is 9.59 Å². The second-order valence-electron chi connectivity index (χ2n) is 14.6. The van der Waals surface area contributed by atoms with Gasteiger partial charge in [-0.15, -0.1) is 0 Å². The van der Waals surface area contributed by atoms with Crippen LogP contribution >= 0.6 is 0 Å². The highest BCUT2D eigenvalue weighted by molar-refractivity contribution is 5.97. The fraction of sp³-hybridized carbons (Fsp3) is 0.579. The highest BCUT2D eigenvalue weighted by Gasteiger charge is 2.53. The van der Waals surface area contributed by atoms with Crippen molar-refractivity contribution in [2.24, 2.45) is 11.3 Å². The van der Waals surface area contributed by atoms with Crippen molar-refractivity contribution in [3.63, 3.8) is 0 Å². The summed E-state index contributed by atoms with van der Waals surface area (Å²) < 4.78 is 5.11. The van der Waals surface area contributed by atoms with Crippen LogP contribution in [0.1, 0.15) is 119 Å². The van der Waals surface area contributed by atoms with Crippen LogP contribution in [0.5, 0.6) is 0 Å². The van der Waals surface area contributed by atoms with Crippen LogP contribution in [0.15, 0.2) is 47.5 Å². The molecule has 5 rings (SSSR count). The molecule has 0 radical (unpaired) electrons. The summed E-state index contributed by atoms with van der Waals surface area (Å²) >= 11 is 0. The van der Waals surface area contributed by atoms with Gasteiger partial charge in [0, 0.05) is 18.2 Å². The maximum absolute atomic E-state index is 13.9. The van der Waals surface area contributed by atoms with Crippen molar-refractivity contribution in [1.29, 1.82) is 0 Å². The number of aryl methyl sites for hydroxylation is 3. The first-order chi connectivity index (χ1) is 20.3. The molecule has 1 fully saturated rings. The lowest BCUT2D eigenvalue weighted by Crippen LogP contribution is -2.56. The molecule has 1 N–H and O–H groups in total. The van der Waals surface area contributed by atoms with Crippen molar-refractivity contribution in [2.45, 2.75) is 117 Å². The molecular weight excluding hydrogens is 532 g/mol. The summed E-state index contributed by atoms with van der Waals surface area (Å²) in [5.41, 5.74) is 9.82. The monoisotopic (exact) mass is 584 g/mol. The number of carbonyl (C=O) groups excluding carboxylic acids is 2. The van der Waals surface area contributed by atoms with Gasteiger partial charge in [-0.2, -0.15) is 0 Å². The van der Waals surface area contributed by atoms with E-state index in [4.69, 9.17) is 4.74 Å². The molecule has 2 aromatic carbocycles. The van der Waals surface area contributed by atoms with Gasteiger partial charge in [-0.05, 0) is 109 Å². The second kappa shape index (κ2) is 11.9. The van der Waals surface area contributed by atoms with Gasteiger partial charge in [0.1, 0.15) is 6.17 Å². The molecule has 3 aliphatic rings. The minimum absolute atomic E-state index is 0.0144. The Morgan fingerprint density at radius 1 is 1.07 bits per heavy atom. The molecule has 5 nitrogen and oxygen atoms in total. The van der Waals surface area contributed by atoms with Crippen LogP contribution in [-0.2, 0) is 26.2 Å². The van der Waals surface area contributed by atoms with Gasteiger partial charge in [-0.3, -0.25) is 14.9 Å². The number of rotatable bonds is 8. The minimum atomic E-state index is -0.268. The van der Waals surface area contributed by atoms with E-state index in [1.807, 2.05) is 6.92 Å². The van der Waals surface area contributed by atoms with Crippen LogP contribution < -0.4 is 5.32 Å². The molecule has 1 heterocycles. The molecular formula is C38H52N2O3. The Labute approximate surface area is 259 Å². The average Bonchev–Trinajstić information content (AvgIpc) is 3.14. The van der Waals surface area contributed by atoms with Gasteiger partial charge in [-0.1, -0.05) is 76.1 Å². The Kier molecular flexibility index (Phi) is 8.70. The van der Waals surface area contributed by atoms with E-state index in [2.05, 4.69) is 95.1 Å². The maximum Gasteiger partial charge on any atom is 0.307 e. The molecule has 0 bridgehead atoms. The van der Waals surface area contributed by atoms with Crippen molar-refractivity contribution in [3.8, 4) is 0 Å². The lowest BCUT2D eigenvalue weighted by molar-refractivity contribution is -0.141. The number of benzene rings is 2. The minimum Gasteiger partial charge on any atom is -0.469 e. The van der Waals surface area contributed by atoms with Crippen LogP contribution in [0, 0.1) is 25.2 Å². The smallest absolute Gasteiger partial charge is 0.307 e. The summed E-state index contributed by atoms with van der Waals surface area (Å²) in [6.45, 7) is 18.4. The Bertz CT molecular complexity index is 1440. The fourth-order valence-electron chi connectivity index (χ4n) is 8.82. The van der Waals surface area contributed by atoms with Gasteiger partial charge in [0.05, 0.1) is 13.5 Å². The number of esters is 1. The van der Waals surface area contributed by atoms with Gasteiger partial charge in [0.15, 0.2) is 0 Å². The summed E-state index contributed by atoms with van der Waals surface area (Å²) in [7, 11) is 1.44. The van der Waals surface area contributed by atoms with E-state index in [1.165, 1.54) is 35.8 Å². The third-order valence-electron chi connectivity index (χ3n) is 11.4. The number of methoxy groups -OCH3 is 1. The van der Waals surface area contributed by atoms with Crippen molar-refractivity contribution in [1.82, 2.24) is 10.2 Å². The normalized spacial score (nSPS) is 27.8. The predicted molar refractivity (Wildman–Crippen MR) is 174 cm³/mol. The summed E-state index contributed by atoms with van der Waals surface area (Å²) in [6.07, 6.45) is 5.67. The molecule has 1 amide bonds. The molecule has 1 aliphatic heterocycles. The van der Waals surface area contributed by atoms with Gasteiger partial charge in [-0.25, -0.2) is 0 Å². The van der Waals surface area contributed by atoms with Crippen LogP contribution in [0.4, 0.5) is 0 Å². The van der Waals surface area contributed by atoms with Crippen molar-refractivity contribution in [2.75, 3.05) is 13.7 Å². The van der Waals surface area contributed by atoms with Gasteiger partial charge in [0.25, 0.3) is 5.91 Å². The number of ether oxygens (including phenoxy) is 1. The van der Waals surface area contributed by atoms with E-state index in [0.717, 1.165) is 48.0 Å². The van der Waals surface area contributed by atoms with Crippen molar-refractivity contribution in [3.05, 3.63) is 80.9 Å². The first-order valence-corrected chi connectivity index (χ1v) is 16.3. The van der Waals surface area contributed by atoms with E-state index < -0.39 is 0 Å². The molecule has 0 saturated heterocycles. The molecule has 43 heavy (non-hydrogen) atoms. The third-order valence-corrected chi connectivity index (χ3v) is 11.4. The quantitative estimate of drug-likeness (QED) is 0.321. The third kappa shape index (κ3) is 5.70. The van der Waals surface area contributed by atoms with Crippen LogP contribution in [-0.4, -0.2) is 36.6 Å². The fourth-order valence-corrected chi connectivity index (χ4v) is 8.82. The predicted octanol–water partition coefficient (Wildman–Crippen LogP) is 7.84. The average molecular weight is 585 g/mol. The molecule has 2 aromatic rings. The van der Waals surface area contributed by atoms with Gasteiger partial charge >= 0.3 is 5.97 Å². The van der Waals surface area contributed by atoms with E-state index in [1.54, 1.807) is 0 Å². The molecule has 5 atom stereocenters. The first kappa shape index (κ1) is 31.5. The lowest BCUT2D eigenvalue weighted by Gasteiger charge is -2.56. The Morgan fingerprint density at radius 3 is 2.49 bits per heavy atom. The van der Waals surface area contributed by atoms with E-state index in [0.29, 0.717) is 18.4 Å². The van der Waals surface area contributed by atoms with E-state index in [-0.39, 0.29) is 41.3 Å². The van der Waals surface area contributed by atoms with Crippen LogP contribution in [0.3, 0.4) is 0 Å². The summed E-state index contributed by atoms with van der Waals surface area (Å²) in [4.78, 5) is 28.6. The van der Waals surface area contributed by atoms with Crippen molar-refractivity contribution < 1.29 is 14.3 Å². The topological polar surface area (TPSA) is 58.6 Å². The van der Waals surface area contributed by atoms with Gasteiger partial charge in [0.2, 0.25) is 0 Å². The second-order valence-corrected chi connectivity index (χ2v) is 14.6. The van der Waals surface area contributed by atoms with Crippen molar-refractivity contribution >= 4 is 11.9 Å². The standard InChI is InChI=1S/C38H52N2O3/c1-23(2)28-12-15-31-29(20-28)13-16-33-37(7,17-10-18-38(31,33)8)22-40-35(26(5)27(6)36(40)42)39-32(21-34(41)43-9)30-14-11-24(3)19-25(30)4/h11-12,14-15,19-20,23,32-33,35,39H,10,13,16-18,21-22H2,1-9H3/t32-,33+,35-,37-,38-/m0/s1. The number of fused-ring (bicyclic) bond motifs is 3. The SMILES string of the molecule is COC(=O)C[C@H](N[C@@H]1C(C)=C(C)C(=O)N1C[C@]1(C)CCC[C@@]2(C)c3ccc(C(C)C)cc3CC[C@H]12)c1ccc(C)cc1C. The Morgan fingerprint density at radius 2 is 1.81 bits per heavy atom. The number of amides is 1. The molecule has 0 aromatic heterocycles. The zero-order valence-electron chi connectivity index (χ0n) is 27.9. The Hall–Kier alpha value is -2.92. The lowest BCUT2D eigenvalue weighted by atomic mass is 9.49. The zero-order chi connectivity index (χ0) is 31.3. The number of nitrogens with zero attached hydrogens (tertiary/aromatic N) is 1. The first-order valence-electron chi connectivity index (χ1n) is 16.3. The summed E-state index contributed by atoms with van der Waals surface area (Å²) in [5, 5.41) is 3.79. The van der Waals surface area contributed by atoms with Crippen LogP contribution in [0.25, 0.3) is 0 Å². The zero-order valence-corrected chi connectivity index (χ0v) is 27.9. The van der Waals surface area contributed by atoms with E-state index >= 15 is 0 Å². The molecule has 232 valence electrons. The largest absolute Gasteiger partial charge is 0.469 e. The molecule has 0 spiro atoms. The number of hydrogen-bond acceptors (Lipinski definition) is 4.